The minimum absolute atomic E-state index is 0.983. The first kappa shape index (κ1) is 24.2. The van der Waals surface area contributed by atoms with Gasteiger partial charge in [0.05, 0.1) is 5.69 Å². The topological polar surface area (TPSA) is 25.8 Å². The predicted molar refractivity (Wildman–Crippen MR) is 176 cm³/mol. The van der Waals surface area contributed by atoms with Gasteiger partial charge in [0.1, 0.15) is 0 Å². The lowest BCUT2D eigenvalue weighted by Crippen LogP contribution is -1.89. The SMILES string of the molecule is c1ccc(-c2ccc(-c3cccc4c3cc(-c3ccc(-c5cccnc5)cc3)c3cc5ccccc5cc34)cc2)nc1. The van der Waals surface area contributed by atoms with Crippen LogP contribution in [0.25, 0.3) is 77.0 Å². The molecule has 0 N–H and O–H groups in total. The number of rotatable bonds is 4. The molecule has 0 unspecified atom stereocenters. The molecule has 2 heterocycles. The molecule has 0 aliphatic heterocycles. The van der Waals surface area contributed by atoms with Crippen molar-refractivity contribution in [2.45, 2.75) is 0 Å². The molecule has 0 bridgehead atoms. The van der Waals surface area contributed by atoms with E-state index in [9.17, 15) is 0 Å². The highest BCUT2D eigenvalue weighted by atomic mass is 14.7. The molecule has 0 fully saturated rings. The molecule has 8 aromatic rings. The Bertz CT molecular complexity index is 2200. The van der Waals surface area contributed by atoms with Gasteiger partial charge in [-0.05, 0) is 102 Å². The average molecular weight is 535 g/mol. The van der Waals surface area contributed by atoms with Crippen molar-refractivity contribution in [3.05, 3.63) is 158 Å². The zero-order chi connectivity index (χ0) is 27.9. The molecule has 0 saturated heterocycles. The molecule has 0 aliphatic carbocycles. The van der Waals surface area contributed by atoms with Crippen LogP contribution in [0.5, 0.6) is 0 Å². The Morgan fingerprint density at radius 1 is 0.357 bits per heavy atom. The summed E-state index contributed by atoms with van der Waals surface area (Å²) in [5.74, 6) is 0. The highest BCUT2D eigenvalue weighted by Crippen LogP contribution is 2.41. The average Bonchev–Trinajstić information content (AvgIpc) is 3.08. The van der Waals surface area contributed by atoms with Crippen molar-refractivity contribution in [1.82, 2.24) is 9.97 Å². The lowest BCUT2D eigenvalue weighted by atomic mass is 9.88. The Hall–Kier alpha value is -5.60. The molecule has 0 amide bonds. The summed E-state index contributed by atoms with van der Waals surface area (Å²) < 4.78 is 0. The van der Waals surface area contributed by atoms with Crippen molar-refractivity contribution in [2.24, 2.45) is 0 Å². The van der Waals surface area contributed by atoms with Crippen LogP contribution in [0.3, 0.4) is 0 Å². The van der Waals surface area contributed by atoms with Gasteiger partial charge in [-0.25, -0.2) is 0 Å². The molecular weight excluding hydrogens is 508 g/mol. The molecule has 6 aromatic carbocycles. The minimum Gasteiger partial charge on any atom is -0.264 e. The summed E-state index contributed by atoms with van der Waals surface area (Å²) in [5.41, 5.74) is 9.24. The third-order valence-electron chi connectivity index (χ3n) is 8.21. The summed E-state index contributed by atoms with van der Waals surface area (Å²) in [6.45, 7) is 0. The number of benzene rings is 6. The van der Waals surface area contributed by atoms with Crippen LogP contribution in [-0.4, -0.2) is 9.97 Å². The summed E-state index contributed by atoms with van der Waals surface area (Å²) in [7, 11) is 0. The van der Waals surface area contributed by atoms with E-state index < -0.39 is 0 Å². The summed E-state index contributed by atoms with van der Waals surface area (Å²) >= 11 is 0. The van der Waals surface area contributed by atoms with Crippen LogP contribution < -0.4 is 0 Å². The van der Waals surface area contributed by atoms with Gasteiger partial charge in [-0.1, -0.05) is 103 Å². The predicted octanol–water partition coefficient (Wildman–Crippen LogP) is 10.6. The Kier molecular flexibility index (Phi) is 5.82. The van der Waals surface area contributed by atoms with Gasteiger partial charge in [-0.3, -0.25) is 9.97 Å². The van der Waals surface area contributed by atoms with Crippen molar-refractivity contribution in [3.8, 4) is 44.6 Å². The van der Waals surface area contributed by atoms with Crippen molar-refractivity contribution in [3.63, 3.8) is 0 Å². The van der Waals surface area contributed by atoms with Gasteiger partial charge in [-0.2, -0.15) is 0 Å². The van der Waals surface area contributed by atoms with Crippen molar-refractivity contribution in [2.75, 3.05) is 0 Å². The molecule has 0 radical (unpaired) electrons. The Morgan fingerprint density at radius 3 is 1.74 bits per heavy atom. The Labute approximate surface area is 244 Å². The maximum absolute atomic E-state index is 4.53. The number of fused-ring (bicyclic) bond motifs is 4. The van der Waals surface area contributed by atoms with E-state index in [1.165, 1.54) is 54.6 Å². The molecule has 2 heteroatoms. The fraction of sp³-hybridized carbons (Fsp3) is 0. The number of hydrogen-bond acceptors (Lipinski definition) is 2. The van der Waals surface area contributed by atoms with E-state index in [0.717, 1.165) is 22.4 Å². The minimum atomic E-state index is 0.983. The van der Waals surface area contributed by atoms with Crippen molar-refractivity contribution < 1.29 is 0 Å². The van der Waals surface area contributed by atoms with Crippen LogP contribution in [-0.2, 0) is 0 Å². The highest BCUT2D eigenvalue weighted by Gasteiger charge is 2.14. The first-order chi connectivity index (χ1) is 20.8. The zero-order valence-corrected chi connectivity index (χ0v) is 22.9. The van der Waals surface area contributed by atoms with E-state index in [1.807, 2.05) is 36.8 Å². The summed E-state index contributed by atoms with van der Waals surface area (Å²) in [4.78, 5) is 8.83. The summed E-state index contributed by atoms with van der Waals surface area (Å²) in [5, 5.41) is 7.54. The molecule has 8 rings (SSSR count). The first-order valence-corrected chi connectivity index (χ1v) is 14.2. The van der Waals surface area contributed by atoms with Gasteiger partial charge in [0, 0.05) is 24.2 Å². The third-order valence-corrected chi connectivity index (χ3v) is 8.21. The summed E-state index contributed by atoms with van der Waals surface area (Å²) in [6.07, 6.45) is 5.57. The van der Waals surface area contributed by atoms with Gasteiger partial charge in [0.2, 0.25) is 0 Å². The number of aromatic nitrogens is 2. The largest absolute Gasteiger partial charge is 0.264 e. The van der Waals surface area contributed by atoms with Crippen LogP contribution in [0.1, 0.15) is 0 Å². The Morgan fingerprint density at radius 2 is 1.02 bits per heavy atom. The maximum atomic E-state index is 4.53. The van der Waals surface area contributed by atoms with E-state index in [2.05, 4.69) is 131 Å². The van der Waals surface area contributed by atoms with Gasteiger partial charge in [0.15, 0.2) is 0 Å². The lowest BCUT2D eigenvalue weighted by molar-refractivity contribution is 1.33. The van der Waals surface area contributed by atoms with Crippen LogP contribution in [0.2, 0.25) is 0 Å². The highest BCUT2D eigenvalue weighted by molar-refractivity contribution is 6.20. The number of nitrogens with zero attached hydrogens (tertiary/aromatic N) is 2. The second kappa shape index (κ2) is 10.1. The van der Waals surface area contributed by atoms with E-state index in [0.29, 0.717) is 0 Å². The molecule has 196 valence electrons. The monoisotopic (exact) mass is 534 g/mol. The first-order valence-electron chi connectivity index (χ1n) is 14.2. The smallest absolute Gasteiger partial charge is 0.0701 e. The van der Waals surface area contributed by atoms with E-state index in [1.54, 1.807) is 0 Å². The molecule has 0 atom stereocenters. The quantitative estimate of drug-likeness (QED) is 0.166. The fourth-order valence-corrected chi connectivity index (χ4v) is 6.08. The molecule has 2 aromatic heterocycles. The molecular formula is C40H26N2. The van der Waals surface area contributed by atoms with Crippen LogP contribution in [0.15, 0.2) is 158 Å². The normalized spacial score (nSPS) is 11.3. The van der Waals surface area contributed by atoms with Gasteiger partial charge in [-0.15, -0.1) is 0 Å². The lowest BCUT2D eigenvalue weighted by Gasteiger charge is -2.16. The van der Waals surface area contributed by atoms with Crippen molar-refractivity contribution in [1.29, 1.82) is 0 Å². The second-order valence-corrected chi connectivity index (χ2v) is 10.7. The van der Waals surface area contributed by atoms with Crippen LogP contribution in [0, 0.1) is 0 Å². The van der Waals surface area contributed by atoms with E-state index >= 15 is 0 Å². The van der Waals surface area contributed by atoms with Crippen molar-refractivity contribution >= 4 is 32.3 Å². The maximum Gasteiger partial charge on any atom is 0.0701 e. The van der Waals surface area contributed by atoms with Crippen LogP contribution >= 0.6 is 0 Å². The van der Waals surface area contributed by atoms with E-state index in [-0.39, 0.29) is 0 Å². The standard InChI is InChI=1S/C40H26N2/c1-2-8-32-24-38-36(29-15-13-27(14-16-29)33-9-6-21-41-26-33)25-39-34(10-5-11-35(39)37(38)23-31(32)7-1)28-17-19-30(20-18-28)40-12-3-4-22-42-40/h1-26H. The number of hydrogen-bond donors (Lipinski definition) is 0. The van der Waals surface area contributed by atoms with E-state index in [4.69, 9.17) is 0 Å². The Balaban J connectivity index is 1.35. The van der Waals surface area contributed by atoms with Gasteiger partial charge in [0.25, 0.3) is 0 Å². The number of pyridine rings is 2. The third kappa shape index (κ3) is 4.22. The molecule has 2 nitrogen and oxygen atoms in total. The molecule has 0 saturated carbocycles. The fourth-order valence-electron chi connectivity index (χ4n) is 6.08. The summed E-state index contributed by atoms with van der Waals surface area (Å²) in [6, 6.07) is 50.2. The zero-order valence-electron chi connectivity index (χ0n) is 22.9. The second-order valence-electron chi connectivity index (χ2n) is 10.7. The molecule has 42 heavy (non-hydrogen) atoms. The van der Waals surface area contributed by atoms with Gasteiger partial charge < -0.3 is 0 Å². The molecule has 0 aliphatic rings. The molecule has 0 spiro atoms. The van der Waals surface area contributed by atoms with Crippen LogP contribution in [0.4, 0.5) is 0 Å². The van der Waals surface area contributed by atoms with Gasteiger partial charge >= 0.3 is 0 Å².